The summed E-state index contributed by atoms with van der Waals surface area (Å²) in [6.45, 7) is 6.34. The Morgan fingerprint density at radius 2 is 2.42 bits per heavy atom. The van der Waals surface area contributed by atoms with E-state index >= 15 is 0 Å². The van der Waals surface area contributed by atoms with Crippen LogP contribution in [0.25, 0.3) is 0 Å². The Morgan fingerprint density at radius 1 is 1.67 bits per heavy atom. The number of rotatable bonds is 2. The van der Waals surface area contributed by atoms with E-state index in [1.54, 1.807) is 0 Å². The Hall–Kier alpha value is -0.300. The molecule has 0 aromatic carbocycles. The molecule has 1 heteroatoms. The molecule has 0 aromatic rings. The minimum atomic E-state index is 0.268. The number of hydrogen-bond acceptors (Lipinski definition) is 1. The summed E-state index contributed by atoms with van der Waals surface area (Å²) in [6, 6.07) is 0. The Balaban J connectivity index is 1.93. The first-order chi connectivity index (χ1) is 5.65. The second-order valence-corrected chi connectivity index (χ2v) is 4.62. The molecule has 2 fully saturated rings. The van der Waals surface area contributed by atoms with Crippen LogP contribution in [0.1, 0.15) is 39.0 Å². The lowest BCUT2D eigenvalue weighted by Crippen LogP contribution is -2.30. The van der Waals surface area contributed by atoms with Crippen molar-refractivity contribution in [3.8, 4) is 0 Å². The minimum absolute atomic E-state index is 0.268. The monoisotopic (exact) mass is 165 g/mol. The molecule has 0 radical (unpaired) electrons. The fourth-order valence-electron chi connectivity index (χ4n) is 2.59. The smallest absolute Gasteiger partial charge is 0.0187 e. The summed E-state index contributed by atoms with van der Waals surface area (Å²) < 4.78 is 0. The molecule has 0 spiro atoms. The van der Waals surface area contributed by atoms with E-state index in [1.807, 2.05) is 0 Å². The van der Waals surface area contributed by atoms with Gasteiger partial charge in [0.25, 0.3) is 0 Å². The summed E-state index contributed by atoms with van der Waals surface area (Å²) >= 11 is 0. The highest BCUT2D eigenvalue weighted by Crippen LogP contribution is 2.54. The summed E-state index contributed by atoms with van der Waals surface area (Å²) in [5, 5.41) is 0. The molecule has 2 aliphatic carbocycles. The molecule has 0 bridgehead atoms. The van der Waals surface area contributed by atoms with Crippen LogP contribution in [-0.4, -0.2) is 5.54 Å². The van der Waals surface area contributed by atoms with Crippen LogP contribution in [0.4, 0.5) is 0 Å². The fourth-order valence-corrected chi connectivity index (χ4v) is 2.59. The van der Waals surface area contributed by atoms with Gasteiger partial charge in [0.2, 0.25) is 0 Å². The molecule has 0 aliphatic heterocycles. The maximum absolute atomic E-state index is 6.13. The van der Waals surface area contributed by atoms with Gasteiger partial charge in [-0.15, -0.1) is 0 Å². The Bertz CT molecular complexity index is 209. The van der Waals surface area contributed by atoms with Gasteiger partial charge in [-0.2, -0.15) is 0 Å². The summed E-state index contributed by atoms with van der Waals surface area (Å²) in [4.78, 5) is 0. The molecule has 0 heterocycles. The fraction of sp³-hybridized carbons (Fsp3) is 0.818. The van der Waals surface area contributed by atoms with Gasteiger partial charge in [-0.1, -0.05) is 19.1 Å². The van der Waals surface area contributed by atoms with E-state index in [0.717, 1.165) is 18.3 Å². The summed E-state index contributed by atoms with van der Waals surface area (Å²) in [7, 11) is 0. The molecule has 12 heavy (non-hydrogen) atoms. The predicted molar refractivity (Wildman–Crippen MR) is 51.8 cm³/mol. The van der Waals surface area contributed by atoms with Gasteiger partial charge in [-0.3, -0.25) is 0 Å². The molecule has 2 saturated carbocycles. The van der Waals surface area contributed by atoms with E-state index < -0.39 is 0 Å². The number of fused-ring (bicyclic) bond motifs is 1. The Kier molecular flexibility index (Phi) is 1.80. The van der Waals surface area contributed by atoms with E-state index in [4.69, 9.17) is 5.73 Å². The summed E-state index contributed by atoms with van der Waals surface area (Å²) in [5.74, 6) is 1.62. The van der Waals surface area contributed by atoms with E-state index in [0.29, 0.717) is 0 Å². The average Bonchev–Trinajstić information content (AvgIpc) is 2.73. The van der Waals surface area contributed by atoms with Gasteiger partial charge < -0.3 is 5.73 Å². The third-order valence-corrected chi connectivity index (χ3v) is 3.84. The third kappa shape index (κ3) is 1.20. The van der Waals surface area contributed by atoms with Crippen molar-refractivity contribution >= 4 is 0 Å². The SMILES string of the molecule is C=C(CC)C1CCC2(N)CC2C1. The number of allylic oxidation sites excluding steroid dienone is 1. The highest BCUT2D eigenvalue weighted by atomic mass is 14.9. The van der Waals surface area contributed by atoms with E-state index in [-0.39, 0.29) is 5.54 Å². The second-order valence-electron chi connectivity index (χ2n) is 4.62. The van der Waals surface area contributed by atoms with Crippen molar-refractivity contribution in [3.63, 3.8) is 0 Å². The Labute approximate surface area is 75.0 Å². The van der Waals surface area contributed by atoms with Gasteiger partial charge in [-0.25, -0.2) is 0 Å². The standard InChI is InChI=1S/C11H19N/c1-3-8(2)9-4-5-11(12)7-10(11)6-9/h9-10H,2-7,12H2,1H3. The van der Waals surface area contributed by atoms with Crippen LogP contribution in [0.5, 0.6) is 0 Å². The van der Waals surface area contributed by atoms with Crippen molar-refractivity contribution in [1.29, 1.82) is 0 Å². The van der Waals surface area contributed by atoms with Gasteiger partial charge in [-0.05, 0) is 43.9 Å². The first kappa shape index (κ1) is 8.31. The predicted octanol–water partition coefficient (Wildman–Crippen LogP) is 2.47. The average molecular weight is 165 g/mol. The van der Waals surface area contributed by atoms with Gasteiger partial charge in [0, 0.05) is 5.54 Å². The van der Waals surface area contributed by atoms with Crippen molar-refractivity contribution in [2.24, 2.45) is 17.6 Å². The molecule has 2 rings (SSSR count). The van der Waals surface area contributed by atoms with E-state index in [2.05, 4.69) is 13.5 Å². The Morgan fingerprint density at radius 3 is 3.00 bits per heavy atom. The normalized spacial score (nSPS) is 45.2. The molecular weight excluding hydrogens is 146 g/mol. The second kappa shape index (κ2) is 2.59. The lowest BCUT2D eigenvalue weighted by molar-refractivity contribution is 0.349. The van der Waals surface area contributed by atoms with Crippen LogP contribution in [-0.2, 0) is 0 Å². The van der Waals surface area contributed by atoms with Crippen molar-refractivity contribution in [2.75, 3.05) is 0 Å². The van der Waals surface area contributed by atoms with Crippen molar-refractivity contribution in [2.45, 2.75) is 44.6 Å². The third-order valence-electron chi connectivity index (χ3n) is 3.84. The van der Waals surface area contributed by atoms with Gasteiger partial charge in [0.05, 0.1) is 0 Å². The molecule has 3 atom stereocenters. The zero-order valence-electron chi connectivity index (χ0n) is 7.97. The van der Waals surface area contributed by atoms with Crippen LogP contribution in [0.2, 0.25) is 0 Å². The molecule has 0 amide bonds. The van der Waals surface area contributed by atoms with Gasteiger partial charge >= 0.3 is 0 Å². The first-order valence-corrected chi connectivity index (χ1v) is 5.12. The minimum Gasteiger partial charge on any atom is -0.325 e. The van der Waals surface area contributed by atoms with Gasteiger partial charge in [0.1, 0.15) is 0 Å². The van der Waals surface area contributed by atoms with Crippen molar-refractivity contribution in [1.82, 2.24) is 0 Å². The van der Waals surface area contributed by atoms with E-state index in [9.17, 15) is 0 Å². The lowest BCUT2D eigenvalue weighted by atomic mass is 9.81. The largest absolute Gasteiger partial charge is 0.325 e. The number of nitrogens with two attached hydrogens (primary N) is 1. The molecular formula is C11H19N. The van der Waals surface area contributed by atoms with Crippen molar-refractivity contribution < 1.29 is 0 Å². The van der Waals surface area contributed by atoms with Crippen LogP contribution in [0, 0.1) is 11.8 Å². The highest BCUT2D eigenvalue weighted by Gasteiger charge is 2.53. The van der Waals surface area contributed by atoms with Gasteiger partial charge in [0.15, 0.2) is 0 Å². The molecule has 2 N–H and O–H groups in total. The molecule has 2 aliphatic rings. The topological polar surface area (TPSA) is 26.0 Å². The van der Waals surface area contributed by atoms with Crippen LogP contribution in [0.3, 0.4) is 0 Å². The quantitative estimate of drug-likeness (QED) is 0.625. The first-order valence-electron chi connectivity index (χ1n) is 5.12. The molecule has 3 unspecified atom stereocenters. The summed E-state index contributed by atoms with van der Waals surface area (Å²) in [5.41, 5.74) is 7.84. The zero-order valence-corrected chi connectivity index (χ0v) is 7.97. The lowest BCUT2D eigenvalue weighted by Gasteiger charge is -2.26. The zero-order chi connectivity index (χ0) is 8.77. The maximum Gasteiger partial charge on any atom is 0.0187 e. The van der Waals surface area contributed by atoms with Crippen LogP contribution in [0.15, 0.2) is 12.2 Å². The molecule has 0 saturated heterocycles. The van der Waals surface area contributed by atoms with Crippen LogP contribution < -0.4 is 5.73 Å². The molecule has 1 nitrogen and oxygen atoms in total. The molecule has 68 valence electrons. The highest BCUT2D eigenvalue weighted by molar-refractivity contribution is 5.15. The molecule has 0 aromatic heterocycles. The van der Waals surface area contributed by atoms with E-state index in [1.165, 1.54) is 31.3 Å². The summed E-state index contributed by atoms with van der Waals surface area (Å²) in [6.07, 6.45) is 6.28. The number of hydrogen-bond donors (Lipinski definition) is 1. The van der Waals surface area contributed by atoms with Crippen molar-refractivity contribution in [3.05, 3.63) is 12.2 Å². The van der Waals surface area contributed by atoms with Crippen LogP contribution >= 0.6 is 0 Å². The maximum atomic E-state index is 6.13.